The maximum absolute atomic E-state index is 11.2. The zero-order valence-electron chi connectivity index (χ0n) is 13.4. The molecule has 0 radical (unpaired) electrons. The normalized spacial score (nSPS) is 25.0. The molecule has 0 amide bonds. The molecule has 0 aromatic carbocycles. The van der Waals surface area contributed by atoms with Crippen LogP contribution in [0.4, 0.5) is 0 Å². The molecular weight excluding hydrogens is 292 g/mol. The Hall–Kier alpha value is -0.570. The lowest BCUT2D eigenvalue weighted by atomic mass is 10.2. The zero-order chi connectivity index (χ0) is 15.9. The van der Waals surface area contributed by atoms with Gasteiger partial charge in [-0.25, -0.2) is 0 Å². The highest BCUT2D eigenvalue weighted by Crippen LogP contribution is 2.01. The summed E-state index contributed by atoms with van der Waals surface area (Å²) >= 11 is 0. The molecule has 0 aliphatic carbocycles. The quantitative estimate of drug-likeness (QED) is 0.731. The first-order chi connectivity index (χ1) is 10.8. The average molecular weight is 320 g/mol. The molecule has 0 saturated carbocycles. The van der Waals surface area contributed by atoms with Gasteiger partial charge in [-0.05, 0) is 6.92 Å². The molecule has 0 N–H and O–H groups in total. The molecule has 0 bridgehead atoms. The zero-order valence-corrected chi connectivity index (χ0v) is 13.4. The van der Waals surface area contributed by atoms with Crippen LogP contribution in [0.5, 0.6) is 0 Å². The van der Waals surface area contributed by atoms with Crippen molar-refractivity contribution < 1.29 is 33.2 Å². The molecule has 1 saturated heterocycles. The molecular formula is C15H28O7. The number of carbonyl (C=O) groups is 1. The third-order valence-corrected chi connectivity index (χ3v) is 2.89. The molecule has 7 nitrogen and oxygen atoms in total. The van der Waals surface area contributed by atoms with E-state index in [0.717, 1.165) is 0 Å². The van der Waals surface area contributed by atoms with Gasteiger partial charge in [0.25, 0.3) is 0 Å². The van der Waals surface area contributed by atoms with Gasteiger partial charge in [-0.15, -0.1) is 0 Å². The summed E-state index contributed by atoms with van der Waals surface area (Å²) in [4.78, 5) is 11.2. The highest BCUT2D eigenvalue weighted by Gasteiger charge is 2.12. The first-order valence-electron chi connectivity index (χ1n) is 7.79. The fraction of sp³-hybridized carbons (Fsp3) is 0.933. The van der Waals surface area contributed by atoms with E-state index in [4.69, 9.17) is 28.4 Å². The number of Topliss-reactive ketones (excluding diaryl/α,β-unsaturated/α-hetero) is 1. The molecule has 1 unspecified atom stereocenters. The minimum absolute atomic E-state index is 0.0819. The summed E-state index contributed by atoms with van der Waals surface area (Å²) in [6.07, 6.45) is 0.109. The van der Waals surface area contributed by atoms with Crippen LogP contribution < -0.4 is 0 Å². The van der Waals surface area contributed by atoms with Gasteiger partial charge in [-0.2, -0.15) is 0 Å². The second-order valence-electron chi connectivity index (χ2n) is 4.92. The predicted octanol–water partition coefficient (Wildman–Crippen LogP) is 0.447. The molecule has 22 heavy (non-hydrogen) atoms. The molecule has 1 aliphatic heterocycles. The molecule has 7 heteroatoms. The first kappa shape index (κ1) is 19.5. The summed E-state index contributed by atoms with van der Waals surface area (Å²) in [5, 5.41) is 0. The van der Waals surface area contributed by atoms with Gasteiger partial charge < -0.3 is 28.4 Å². The Morgan fingerprint density at radius 3 is 1.59 bits per heavy atom. The van der Waals surface area contributed by atoms with Gasteiger partial charge in [-0.1, -0.05) is 0 Å². The van der Waals surface area contributed by atoms with Crippen LogP contribution >= 0.6 is 0 Å². The van der Waals surface area contributed by atoms with Crippen LogP contribution in [0.2, 0.25) is 0 Å². The fourth-order valence-electron chi connectivity index (χ4n) is 1.85. The molecule has 1 atom stereocenters. The molecule has 0 aromatic heterocycles. The Kier molecular flexibility index (Phi) is 12.4. The minimum atomic E-state index is -0.237. The molecule has 130 valence electrons. The standard InChI is InChI=1S/C15H28O7/c1-14(16)12-15-13-21-9-8-19-5-4-17-2-3-18-6-7-20-10-11-22-15/h15H,2-13H2,1H3. The summed E-state index contributed by atoms with van der Waals surface area (Å²) in [5.74, 6) is 0.0819. The Labute approximate surface area is 132 Å². The second-order valence-corrected chi connectivity index (χ2v) is 4.92. The van der Waals surface area contributed by atoms with Crippen molar-refractivity contribution >= 4 is 5.78 Å². The minimum Gasteiger partial charge on any atom is -0.377 e. The third kappa shape index (κ3) is 12.0. The first-order valence-corrected chi connectivity index (χ1v) is 7.79. The largest absolute Gasteiger partial charge is 0.377 e. The molecule has 1 heterocycles. The lowest BCUT2D eigenvalue weighted by Gasteiger charge is -2.17. The van der Waals surface area contributed by atoms with Crippen LogP contribution in [-0.2, 0) is 33.2 Å². The molecule has 0 spiro atoms. The summed E-state index contributed by atoms with van der Waals surface area (Å²) in [6, 6.07) is 0. The van der Waals surface area contributed by atoms with Crippen molar-refractivity contribution in [1.29, 1.82) is 0 Å². The van der Waals surface area contributed by atoms with Gasteiger partial charge in [0.1, 0.15) is 5.78 Å². The average Bonchev–Trinajstić information content (AvgIpc) is 2.48. The molecule has 0 aromatic rings. The summed E-state index contributed by atoms with van der Waals surface area (Å²) < 4.78 is 32.6. The van der Waals surface area contributed by atoms with Crippen molar-refractivity contribution in [2.45, 2.75) is 19.4 Å². The van der Waals surface area contributed by atoms with Crippen LogP contribution in [0.3, 0.4) is 0 Å². The van der Waals surface area contributed by atoms with Crippen molar-refractivity contribution in [3.63, 3.8) is 0 Å². The third-order valence-electron chi connectivity index (χ3n) is 2.89. The maximum Gasteiger partial charge on any atom is 0.132 e. The van der Waals surface area contributed by atoms with Gasteiger partial charge in [0.2, 0.25) is 0 Å². The monoisotopic (exact) mass is 320 g/mol. The summed E-state index contributed by atoms with van der Waals surface area (Å²) in [5.41, 5.74) is 0. The van der Waals surface area contributed by atoms with E-state index in [0.29, 0.717) is 79.1 Å². The topological polar surface area (TPSA) is 72.5 Å². The van der Waals surface area contributed by atoms with E-state index < -0.39 is 0 Å². The van der Waals surface area contributed by atoms with Gasteiger partial charge in [-0.3, -0.25) is 4.79 Å². The van der Waals surface area contributed by atoms with Crippen LogP contribution in [0, 0.1) is 0 Å². The van der Waals surface area contributed by atoms with Gasteiger partial charge >= 0.3 is 0 Å². The molecule has 1 fully saturated rings. The van der Waals surface area contributed by atoms with Crippen LogP contribution in [0.25, 0.3) is 0 Å². The van der Waals surface area contributed by atoms with Gasteiger partial charge in [0.15, 0.2) is 0 Å². The lowest BCUT2D eigenvalue weighted by molar-refractivity contribution is -0.122. The number of ether oxygens (including phenoxy) is 6. The van der Waals surface area contributed by atoms with Gasteiger partial charge in [0.05, 0.1) is 78.8 Å². The maximum atomic E-state index is 11.2. The van der Waals surface area contributed by atoms with E-state index in [1.165, 1.54) is 0 Å². The fourth-order valence-corrected chi connectivity index (χ4v) is 1.85. The molecule has 1 aliphatic rings. The number of carbonyl (C=O) groups excluding carboxylic acids is 1. The summed E-state index contributed by atoms with van der Waals surface area (Å²) in [6.45, 7) is 7.00. The Bertz CT molecular complexity index is 255. The lowest BCUT2D eigenvalue weighted by Crippen LogP contribution is -2.26. The Morgan fingerprint density at radius 2 is 1.14 bits per heavy atom. The van der Waals surface area contributed by atoms with E-state index >= 15 is 0 Å². The van der Waals surface area contributed by atoms with Crippen LogP contribution in [0.1, 0.15) is 13.3 Å². The number of hydrogen-bond donors (Lipinski definition) is 0. The van der Waals surface area contributed by atoms with E-state index in [-0.39, 0.29) is 11.9 Å². The van der Waals surface area contributed by atoms with Crippen molar-refractivity contribution in [2.24, 2.45) is 0 Å². The van der Waals surface area contributed by atoms with Crippen molar-refractivity contribution in [3.05, 3.63) is 0 Å². The van der Waals surface area contributed by atoms with E-state index in [2.05, 4.69) is 0 Å². The van der Waals surface area contributed by atoms with Crippen molar-refractivity contribution in [1.82, 2.24) is 0 Å². The Balaban J connectivity index is 2.25. The highest BCUT2D eigenvalue weighted by atomic mass is 16.6. The summed E-state index contributed by atoms with van der Waals surface area (Å²) in [7, 11) is 0. The van der Waals surface area contributed by atoms with E-state index in [1.54, 1.807) is 6.92 Å². The van der Waals surface area contributed by atoms with Crippen molar-refractivity contribution in [2.75, 3.05) is 72.7 Å². The number of rotatable bonds is 2. The van der Waals surface area contributed by atoms with Crippen molar-refractivity contribution in [3.8, 4) is 0 Å². The van der Waals surface area contributed by atoms with Gasteiger partial charge in [0, 0.05) is 6.42 Å². The Morgan fingerprint density at radius 1 is 0.727 bits per heavy atom. The van der Waals surface area contributed by atoms with E-state index in [9.17, 15) is 4.79 Å². The number of hydrogen-bond acceptors (Lipinski definition) is 7. The second kappa shape index (κ2) is 14.0. The van der Waals surface area contributed by atoms with Crippen LogP contribution in [-0.4, -0.2) is 84.6 Å². The highest BCUT2D eigenvalue weighted by molar-refractivity contribution is 5.75. The predicted molar refractivity (Wildman–Crippen MR) is 79.1 cm³/mol. The number of ketones is 1. The van der Waals surface area contributed by atoms with E-state index in [1.807, 2.05) is 0 Å². The smallest absolute Gasteiger partial charge is 0.132 e. The molecule has 1 rings (SSSR count). The van der Waals surface area contributed by atoms with Crippen LogP contribution in [0.15, 0.2) is 0 Å². The SMILES string of the molecule is CC(=O)CC1COCCOCCOCCOCCOCCO1.